The maximum atomic E-state index is 13.4. The van der Waals surface area contributed by atoms with Crippen LogP contribution in [0.3, 0.4) is 0 Å². The summed E-state index contributed by atoms with van der Waals surface area (Å²) in [5.41, 5.74) is 0.738. The lowest BCUT2D eigenvalue weighted by Gasteiger charge is -2.29. The summed E-state index contributed by atoms with van der Waals surface area (Å²) in [5, 5.41) is 3.90. The van der Waals surface area contributed by atoms with Crippen LogP contribution in [0.1, 0.15) is 49.3 Å². The largest absolute Gasteiger partial charge is 0.416 e. The molecule has 2 rings (SSSR count). The summed E-state index contributed by atoms with van der Waals surface area (Å²) in [4.78, 5) is 16.9. The minimum Gasteiger partial charge on any atom is -0.361 e. The Hall–Kier alpha value is -2.35. The van der Waals surface area contributed by atoms with E-state index < -0.39 is 17.7 Å². The molecule has 0 radical (unpaired) electrons. The molecular formula is C21H28F3N3O2. The van der Waals surface area contributed by atoms with E-state index in [2.05, 4.69) is 10.1 Å². The fourth-order valence-electron chi connectivity index (χ4n) is 3.46. The predicted octanol–water partition coefficient (Wildman–Crippen LogP) is 4.79. The van der Waals surface area contributed by atoms with Crippen LogP contribution in [0.2, 0.25) is 0 Å². The van der Waals surface area contributed by atoms with Crippen molar-refractivity contribution in [1.82, 2.24) is 10.1 Å². The van der Waals surface area contributed by atoms with Gasteiger partial charge in [-0.2, -0.15) is 13.2 Å². The van der Waals surface area contributed by atoms with Crippen molar-refractivity contribution in [3.05, 3.63) is 46.8 Å². The molecule has 1 heterocycles. The van der Waals surface area contributed by atoms with Gasteiger partial charge in [-0.3, -0.25) is 4.79 Å². The Morgan fingerprint density at radius 1 is 1.17 bits per heavy atom. The Morgan fingerprint density at radius 3 is 2.34 bits per heavy atom. The molecule has 0 spiro atoms. The summed E-state index contributed by atoms with van der Waals surface area (Å²) in [6.45, 7) is 11.6. The van der Waals surface area contributed by atoms with Gasteiger partial charge in [-0.25, -0.2) is 0 Å². The molecule has 29 heavy (non-hydrogen) atoms. The lowest BCUT2D eigenvalue weighted by atomic mass is 9.97. The molecule has 0 saturated heterocycles. The molecule has 0 fully saturated rings. The highest BCUT2D eigenvalue weighted by molar-refractivity contribution is 5.98. The molecule has 0 aliphatic carbocycles. The Bertz CT molecular complexity index is 809. The fraction of sp³-hybridized carbons (Fsp3) is 0.524. The van der Waals surface area contributed by atoms with Crippen molar-refractivity contribution in [2.75, 3.05) is 31.1 Å². The molecule has 0 aliphatic rings. The van der Waals surface area contributed by atoms with Crippen molar-refractivity contribution < 1.29 is 22.5 Å². The van der Waals surface area contributed by atoms with Gasteiger partial charge in [-0.1, -0.05) is 25.1 Å². The lowest BCUT2D eigenvalue weighted by Crippen LogP contribution is -2.41. The van der Waals surface area contributed by atoms with Crippen molar-refractivity contribution in [3.63, 3.8) is 0 Å². The molecule has 1 amide bonds. The van der Waals surface area contributed by atoms with Crippen LogP contribution >= 0.6 is 0 Å². The Kier molecular flexibility index (Phi) is 7.46. The van der Waals surface area contributed by atoms with Crippen molar-refractivity contribution in [2.45, 2.75) is 46.7 Å². The van der Waals surface area contributed by atoms with Gasteiger partial charge in [0.1, 0.15) is 5.76 Å². The number of aryl methyl sites for hydroxylation is 2. The Balaban J connectivity index is 2.40. The van der Waals surface area contributed by atoms with E-state index >= 15 is 0 Å². The van der Waals surface area contributed by atoms with E-state index in [-0.39, 0.29) is 18.1 Å². The number of aromatic nitrogens is 1. The number of benzene rings is 1. The van der Waals surface area contributed by atoms with Gasteiger partial charge in [0.15, 0.2) is 0 Å². The Labute approximate surface area is 169 Å². The van der Waals surface area contributed by atoms with Crippen molar-refractivity contribution in [1.29, 1.82) is 0 Å². The number of carbonyl (C=O) groups excluding carboxylic acids is 1. The summed E-state index contributed by atoms with van der Waals surface area (Å²) >= 11 is 0. The first-order valence-corrected chi connectivity index (χ1v) is 9.73. The van der Waals surface area contributed by atoms with Crippen molar-refractivity contribution in [2.24, 2.45) is 0 Å². The van der Waals surface area contributed by atoms with Crippen LogP contribution in [-0.2, 0) is 11.0 Å². The van der Waals surface area contributed by atoms with Gasteiger partial charge >= 0.3 is 6.18 Å². The van der Waals surface area contributed by atoms with E-state index in [4.69, 9.17) is 4.52 Å². The quantitative estimate of drug-likeness (QED) is 0.627. The summed E-state index contributed by atoms with van der Waals surface area (Å²) in [6.07, 6.45) is -4.48. The molecule has 1 atom stereocenters. The van der Waals surface area contributed by atoms with Gasteiger partial charge in [0.05, 0.1) is 17.2 Å². The first kappa shape index (κ1) is 22.9. The minimum absolute atomic E-state index is 0.232. The zero-order chi connectivity index (χ0) is 21.8. The van der Waals surface area contributed by atoms with Crippen LogP contribution in [0.25, 0.3) is 0 Å². The van der Waals surface area contributed by atoms with Crippen molar-refractivity contribution in [3.8, 4) is 0 Å². The average molecular weight is 411 g/mol. The smallest absolute Gasteiger partial charge is 0.361 e. The van der Waals surface area contributed by atoms with Crippen LogP contribution < -0.4 is 4.90 Å². The van der Waals surface area contributed by atoms with Crippen LogP contribution in [-0.4, -0.2) is 42.1 Å². The molecule has 1 aromatic carbocycles. The van der Waals surface area contributed by atoms with E-state index in [0.29, 0.717) is 23.6 Å². The number of hydrogen-bond donors (Lipinski definition) is 0. The van der Waals surface area contributed by atoms with Crippen molar-refractivity contribution >= 4 is 11.6 Å². The molecule has 0 unspecified atom stereocenters. The highest BCUT2D eigenvalue weighted by Crippen LogP contribution is 2.33. The predicted molar refractivity (Wildman–Crippen MR) is 106 cm³/mol. The van der Waals surface area contributed by atoms with Gasteiger partial charge in [-0.15, -0.1) is 0 Å². The number of likely N-dealkylation sites (N-methyl/N-ethyl adjacent to an activating group) is 1. The fourth-order valence-corrected chi connectivity index (χ4v) is 3.46. The maximum absolute atomic E-state index is 13.4. The zero-order valence-corrected chi connectivity index (χ0v) is 17.5. The summed E-state index contributed by atoms with van der Waals surface area (Å²) in [5.74, 6) is -0.338. The highest BCUT2D eigenvalue weighted by Gasteiger charge is 2.33. The topological polar surface area (TPSA) is 49.6 Å². The molecular weight excluding hydrogens is 383 g/mol. The van der Waals surface area contributed by atoms with Crippen LogP contribution in [0.15, 0.2) is 28.8 Å². The number of halogens is 3. The summed E-state index contributed by atoms with van der Waals surface area (Å²) in [7, 11) is 0. The van der Waals surface area contributed by atoms with E-state index in [0.717, 1.165) is 25.2 Å². The third kappa shape index (κ3) is 5.38. The number of rotatable bonds is 8. The first-order chi connectivity index (χ1) is 13.6. The standard InChI is InChI=1S/C21H28F3N3O2/c1-6-26(7-2)11-12-27(18-10-8-9-17(13-18)21(22,23)24)20(28)14(3)19-15(4)25-29-16(19)5/h8-10,13-14H,6-7,11-12H2,1-5H3/t14-/m0/s1. The number of nitrogens with zero attached hydrogens (tertiary/aromatic N) is 3. The second kappa shape index (κ2) is 9.43. The first-order valence-electron chi connectivity index (χ1n) is 9.73. The third-order valence-corrected chi connectivity index (χ3v) is 5.18. The van der Waals surface area contributed by atoms with E-state index in [1.807, 2.05) is 13.8 Å². The molecule has 0 bridgehead atoms. The second-order valence-electron chi connectivity index (χ2n) is 7.02. The van der Waals surface area contributed by atoms with Crippen LogP contribution in [0.4, 0.5) is 18.9 Å². The summed E-state index contributed by atoms with van der Waals surface area (Å²) < 4.78 is 44.8. The SMILES string of the molecule is CCN(CC)CCN(C(=O)[C@@H](C)c1c(C)noc1C)c1cccc(C(F)(F)F)c1. The average Bonchev–Trinajstić information content (AvgIpc) is 3.02. The molecule has 5 nitrogen and oxygen atoms in total. The highest BCUT2D eigenvalue weighted by atomic mass is 19.4. The zero-order valence-electron chi connectivity index (χ0n) is 17.5. The maximum Gasteiger partial charge on any atom is 0.416 e. The molecule has 0 aliphatic heterocycles. The lowest BCUT2D eigenvalue weighted by molar-refractivity contribution is -0.137. The molecule has 8 heteroatoms. The number of amides is 1. The van der Waals surface area contributed by atoms with Gasteiger partial charge < -0.3 is 14.3 Å². The molecule has 0 saturated carbocycles. The van der Waals surface area contributed by atoms with Crippen LogP contribution in [0.5, 0.6) is 0 Å². The van der Waals surface area contributed by atoms with Gasteiger partial charge in [0, 0.05) is 24.3 Å². The monoisotopic (exact) mass is 411 g/mol. The number of alkyl halides is 3. The second-order valence-corrected chi connectivity index (χ2v) is 7.02. The Morgan fingerprint density at radius 2 is 1.83 bits per heavy atom. The minimum atomic E-state index is -4.48. The summed E-state index contributed by atoms with van der Waals surface area (Å²) in [6, 6.07) is 4.90. The third-order valence-electron chi connectivity index (χ3n) is 5.18. The molecule has 0 N–H and O–H groups in total. The molecule has 1 aromatic heterocycles. The van der Waals surface area contributed by atoms with E-state index in [9.17, 15) is 18.0 Å². The molecule has 160 valence electrons. The van der Waals surface area contributed by atoms with Crippen LogP contribution in [0, 0.1) is 13.8 Å². The van der Waals surface area contributed by atoms with E-state index in [1.54, 1.807) is 20.8 Å². The molecule has 2 aromatic rings. The normalized spacial score (nSPS) is 13.0. The number of carbonyl (C=O) groups is 1. The number of anilines is 1. The van der Waals surface area contributed by atoms with E-state index in [1.165, 1.54) is 17.0 Å². The van der Waals surface area contributed by atoms with Gasteiger partial charge in [-0.05, 0) is 52.1 Å². The number of hydrogen-bond acceptors (Lipinski definition) is 4. The van der Waals surface area contributed by atoms with Gasteiger partial charge in [0.2, 0.25) is 5.91 Å². The van der Waals surface area contributed by atoms with Gasteiger partial charge in [0.25, 0.3) is 0 Å².